The van der Waals surface area contributed by atoms with Gasteiger partial charge in [0.1, 0.15) is 0 Å². The Morgan fingerprint density at radius 2 is 1.97 bits per heavy atom. The third-order valence-corrected chi connectivity index (χ3v) is 6.44. The van der Waals surface area contributed by atoms with Crippen LogP contribution in [0.25, 0.3) is 0 Å². The van der Waals surface area contributed by atoms with Gasteiger partial charge < -0.3 is 20.9 Å². The number of amides is 1. The zero-order valence-electron chi connectivity index (χ0n) is 19.8. The number of nitrogens with two attached hydrogens (primary N) is 1. The minimum Gasteiger partial charge on any atom is -0.370 e. The van der Waals surface area contributed by atoms with Crippen molar-refractivity contribution >= 4 is 41.5 Å². The first-order valence-electron chi connectivity index (χ1n) is 11.8. The van der Waals surface area contributed by atoms with E-state index in [2.05, 4.69) is 56.2 Å². The lowest BCUT2D eigenvalue weighted by Gasteiger charge is -2.36. The topological polar surface area (TPSA) is 77.2 Å². The maximum absolute atomic E-state index is 11.2. The zero-order valence-corrected chi connectivity index (χ0v) is 22.1. The summed E-state index contributed by atoms with van der Waals surface area (Å²) in [5.41, 5.74) is 8.07. The Labute approximate surface area is 210 Å². The number of hydrogen-bond acceptors (Lipinski definition) is 4. The molecule has 7 nitrogen and oxygen atoms in total. The van der Waals surface area contributed by atoms with E-state index in [1.807, 2.05) is 7.05 Å². The van der Waals surface area contributed by atoms with Gasteiger partial charge in [-0.05, 0) is 62.8 Å². The minimum atomic E-state index is -0.200. The molecule has 0 radical (unpaired) electrons. The molecule has 8 heteroatoms. The Bertz CT molecular complexity index is 735. The molecule has 0 saturated carbocycles. The van der Waals surface area contributed by atoms with Crippen LogP contribution in [0.4, 0.5) is 5.69 Å². The summed E-state index contributed by atoms with van der Waals surface area (Å²) in [6.07, 6.45) is 4.97. The summed E-state index contributed by atoms with van der Waals surface area (Å²) < 4.78 is 0. The fraction of sp³-hybridized carbons (Fsp3) is 0.667. The van der Waals surface area contributed by atoms with Crippen LogP contribution in [-0.2, 0) is 4.79 Å². The van der Waals surface area contributed by atoms with Gasteiger partial charge in [0.2, 0.25) is 5.91 Å². The van der Waals surface area contributed by atoms with Crippen LogP contribution in [0.15, 0.2) is 29.3 Å². The number of primary amides is 1. The predicted molar refractivity (Wildman–Crippen MR) is 144 cm³/mol. The lowest BCUT2D eigenvalue weighted by molar-refractivity contribution is -0.119. The highest BCUT2D eigenvalue weighted by molar-refractivity contribution is 14.0. The highest BCUT2D eigenvalue weighted by Crippen LogP contribution is 2.20. The second kappa shape index (κ2) is 13.9. The third kappa shape index (κ3) is 8.42. The van der Waals surface area contributed by atoms with Crippen molar-refractivity contribution in [3.63, 3.8) is 0 Å². The number of rotatable bonds is 8. The third-order valence-electron chi connectivity index (χ3n) is 6.44. The van der Waals surface area contributed by atoms with Gasteiger partial charge in [-0.15, -0.1) is 24.0 Å². The van der Waals surface area contributed by atoms with Crippen molar-refractivity contribution in [3.8, 4) is 0 Å². The van der Waals surface area contributed by atoms with E-state index in [0.717, 1.165) is 77.6 Å². The van der Waals surface area contributed by atoms with E-state index >= 15 is 0 Å². The maximum atomic E-state index is 11.2. The first kappa shape index (κ1) is 26.7. The van der Waals surface area contributed by atoms with E-state index in [0.29, 0.717) is 12.3 Å². The molecule has 3 rings (SSSR count). The molecule has 0 spiro atoms. The van der Waals surface area contributed by atoms with Crippen LogP contribution in [-0.4, -0.2) is 81.1 Å². The number of guanidine groups is 1. The first-order chi connectivity index (χ1) is 15.0. The van der Waals surface area contributed by atoms with E-state index in [9.17, 15) is 4.79 Å². The molecule has 1 amide bonds. The predicted octanol–water partition coefficient (Wildman–Crippen LogP) is 2.68. The molecule has 2 heterocycles. The number of benzene rings is 1. The van der Waals surface area contributed by atoms with E-state index in [1.165, 1.54) is 17.7 Å². The monoisotopic (exact) mass is 556 g/mol. The summed E-state index contributed by atoms with van der Waals surface area (Å²) in [4.78, 5) is 23.1. The van der Waals surface area contributed by atoms with Gasteiger partial charge in [0.05, 0.1) is 0 Å². The number of carbonyl (C=O) groups excluding carboxylic acids is 1. The van der Waals surface area contributed by atoms with Crippen LogP contribution in [0.1, 0.15) is 37.7 Å². The molecule has 32 heavy (non-hydrogen) atoms. The highest BCUT2D eigenvalue weighted by Gasteiger charge is 2.23. The van der Waals surface area contributed by atoms with Crippen LogP contribution in [0.5, 0.6) is 0 Å². The van der Waals surface area contributed by atoms with E-state index in [4.69, 9.17) is 5.73 Å². The van der Waals surface area contributed by atoms with Crippen molar-refractivity contribution in [2.75, 3.05) is 64.3 Å². The lowest BCUT2D eigenvalue weighted by atomic mass is 9.95. The average molecular weight is 557 g/mol. The molecular weight excluding hydrogens is 515 g/mol. The quantitative estimate of drug-likeness (QED) is 0.223. The van der Waals surface area contributed by atoms with Crippen molar-refractivity contribution in [2.45, 2.75) is 39.0 Å². The number of anilines is 1. The second-order valence-corrected chi connectivity index (χ2v) is 8.97. The van der Waals surface area contributed by atoms with Gasteiger partial charge in [-0.3, -0.25) is 14.7 Å². The molecule has 180 valence electrons. The average Bonchev–Trinajstić information content (AvgIpc) is 2.76. The largest absolute Gasteiger partial charge is 0.370 e. The van der Waals surface area contributed by atoms with E-state index in [-0.39, 0.29) is 29.9 Å². The number of carbonyl (C=O) groups is 1. The SMILES string of the molecule is CN=C(NCCCCN1CCN(c2cccc(C)c2)CC1)N1CCCC(CC(N)=O)C1.I. The molecule has 1 aromatic carbocycles. The van der Waals surface area contributed by atoms with Crippen LogP contribution < -0.4 is 16.0 Å². The number of hydrogen-bond donors (Lipinski definition) is 2. The van der Waals surface area contributed by atoms with Gasteiger partial charge in [0, 0.05) is 65.0 Å². The second-order valence-electron chi connectivity index (χ2n) is 8.97. The Morgan fingerprint density at radius 3 is 2.66 bits per heavy atom. The number of nitrogens with one attached hydrogen (secondary N) is 1. The summed E-state index contributed by atoms with van der Waals surface area (Å²) in [7, 11) is 1.84. The first-order valence-corrected chi connectivity index (χ1v) is 11.8. The molecule has 0 bridgehead atoms. The van der Waals surface area contributed by atoms with Crippen LogP contribution in [0, 0.1) is 12.8 Å². The summed E-state index contributed by atoms with van der Waals surface area (Å²) in [5.74, 6) is 1.11. The Kier molecular flexibility index (Phi) is 11.6. The van der Waals surface area contributed by atoms with Crippen molar-refractivity contribution < 1.29 is 4.79 Å². The van der Waals surface area contributed by atoms with Crippen molar-refractivity contribution in [1.82, 2.24) is 15.1 Å². The molecule has 2 aliphatic heterocycles. The van der Waals surface area contributed by atoms with Crippen LogP contribution >= 0.6 is 24.0 Å². The maximum Gasteiger partial charge on any atom is 0.217 e. The smallest absolute Gasteiger partial charge is 0.217 e. The number of likely N-dealkylation sites (tertiary alicyclic amines) is 1. The fourth-order valence-corrected chi connectivity index (χ4v) is 4.76. The normalized spacial score (nSPS) is 20.1. The molecule has 2 saturated heterocycles. The summed E-state index contributed by atoms with van der Waals surface area (Å²) in [6, 6.07) is 8.82. The number of nitrogens with zero attached hydrogens (tertiary/aromatic N) is 4. The molecule has 0 aromatic heterocycles. The number of halogens is 1. The minimum absolute atomic E-state index is 0. The zero-order chi connectivity index (χ0) is 22.1. The van der Waals surface area contributed by atoms with Crippen molar-refractivity contribution in [1.29, 1.82) is 0 Å². The molecule has 3 N–H and O–H groups in total. The van der Waals surface area contributed by atoms with Crippen LogP contribution in [0.3, 0.4) is 0 Å². The fourth-order valence-electron chi connectivity index (χ4n) is 4.76. The Hall–Kier alpha value is -1.55. The number of piperazine rings is 1. The van der Waals surface area contributed by atoms with E-state index < -0.39 is 0 Å². The van der Waals surface area contributed by atoms with Crippen LogP contribution in [0.2, 0.25) is 0 Å². The Balaban J connectivity index is 0.00000363. The Morgan fingerprint density at radius 1 is 1.19 bits per heavy atom. The molecular formula is C24H41IN6O. The molecule has 2 fully saturated rings. The van der Waals surface area contributed by atoms with Crippen molar-refractivity contribution in [3.05, 3.63) is 29.8 Å². The summed E-state index contributed by atoms with van der Waals surface area (Å²) in [5, 5.41) is 3.52. The summed E-state index contributed by atoms with van der Waals surface area (Å²) >= 11 is 0. The lowest BCUT2D eigenvalue weighted by Crippen LogP contribution is -2.47. The van der Waals surface area contributed by atoms with Gasteiger partial charge in [-0.25, -0.2) is 0 Å². The van der Waals surface area contributed by atoms with E-state index in [1.54, 1.807) is 0 Å². The standard InChI is InChI=1S/C24H40N6O.HI/c1-20-7-5-9-22(17-20)29-15-13-28(14-16-29)11-4-3-10-27-24(26-2)30-12-6-8-21(19-30)18-23(25)31;/h5,7,9,17,21H,3-4,6,8,10-16,18-19H2,1-2H3,(H2,25,31)(H,26,27);1H. The molecule has 2 aliphatic rings. The number of aliphatic imine (C=N–C) groups is 1. The van der Waals surface area contributed by atoms with Gasteiger partial charge in [0.25, 0.3) is 0 Å². The van der Waals surface area contributed by atoms with Gasteiger partial charge in [0.15, 0.2) is 5.96 Å². The molecule has 1 atom stereocenters. The molecule has 1 unspecified atom stereocenters. The van der Waals surface area contributed by atoms with Gasteiger partial charge in [-0.1, -0.05) is 12.1 Å². The van der Waals surface area contributed by atoms with Gasteiger partial charge in [-0.2, -0.15) is 0 Å². The number of aryl methyl sites for hydroxylation is 1. The number of piperidine rings is 1. The molecule has 0 aliphatic carbocycles. The molecule has 1 aromatic rings. The van der Waals surface area contributed by atoms with Gasteiger partial charge >= 0.3 is 0 Å². The highest BCUT2D eigenvalue weighted by atomic mass is 127. The number of unbranched alkanes of at least 4 members (excludes halogenated alkanes) is 1. The van der Waals surface area contributed by atoms with Crippen molar-refractivity contribution in [2.24, 2.45) is 16.6 Å². The summed E-state index contributed by atoms with van der Waals surface area (Å²) in [6.45, 7) is 10.6.